The molecular weight excluding hydrogens is 304 g/mol. The minimum Gasteiger partial charge on any atom is -0.464 e. The molecule has 0 bridgehead atoms. The van der Waals surface area contributed by atoms with Gasteiger partial charge in [-0.3, -0.25) is 0 Å². The van der Waals surface area contributed by atoms with Gasteiger partial charge in [0.05, 0.1) is 13.2 Å². The first kappa shape index (κ1) is 22.6. The second-order valence-corrected chi connectivity index (χ2v) is 6.47. The number of hydrogen-bond acceptors (Lipinski definition) is 4. The summed E-state index contributed by atoms with van der Waals surface area (Å²) in [5.41, 5.74) is 4.15. The Balaban J connectivity index is 3.83. The van der Waals surface area contributed by atoms with Crippen molar-refractivity contribution in [3.63, 3.8) is 0 Å². The Morgan fingerprint density at radius 3 is 2.04 bits per heavy atom. The van der Waals surface area contributed by atoms with Crippen LogP contribution in [-0.2, 0) is 9.53 Å². The van der Waals surface area contributed by atoms with Gasteiger partial charge in [-0.25, -0.2) is 4.79 Å². The molecule has 4 heteroatoms. The van der Waals surface area contributed by atoms with E-state index in [-0.39, 0.29) is 6.61 Å². The van der Waals surface area contributed by atoms with E-state index in [2.05, 4.69) is 45.9 Å². The fourth-order valence-electron chi connectivity index (χ4n) is 2.11. The number of aliphatic hydroxyl groups excluding tert-OH is 2. The summed E-state index contributed by atoms with van der Waals surface area (Å²) in [5.74, 6) is -0.757. The third-order valence-electron chi connectivity index (χ3n) is 3.65. The molecule has 2 N–H and O–H groups in total. The Morgan fingerprint density at radius 1 is 0.958 bits per heavy atom. The number of allylic oxidation sites excluding steroid dienone is 6. The molecule has 0 aromatic carbocycles. The van der Waals surface area contributed by atoms with Crippen molar-refractivity contribution in [1.82, 2.24) is 0 Å². The number of ether oxygens (including phenoxy) is 1. The number of rotatable bonds is 12. The lowest BCUT2D eigenvalue weighted by atomic mass is 10.1. The second-order valence-electron chi connectivity index (χ2n) is 6.47. The molecule has 138 valence electrons. The zero-order valence-electron chi connectivity index (χ0n) is 15.7. The van der Waals surface area contributed by atoms with Crippen LogP contribution in [0.25, 0.3) is 0 Å². The standard InChI is InChI=1S/C20H34O4/c1-16(2)9-7-11-18(4)13-8-12-17(3)10-5-6-14-24-20(23)19(22)15-21/h9-10,13,19,21-22H,5-8,11-12,14-15H2,1-4H3/b17-10?,18-13+. The molecule has 0 aliphatic heterocycles. The summed E-state index contributed by atoms with van der Waals surface area (Å²) < 4.78 is 4.85. The predicted octanol–water partition coefficient (Wildman–Crippen LogP) is 4.08. The predicted molar refractivity (Wildman–Crippen MR) is 98.7 cm³/mol. The van der Waals surface area contributed by atoms with E-state index in [4.69, 9.17) is 14.9 Å². The van der Waals surface area contributed by atoms with E-state index in [1.807, 2.05) is 0 Å². The number of carbonyl (C=O) groups excluding carboxylic acids is 1. The Hall–Kier alpha value is -1.39. The Morgan fingerprint density at radius 2 is 1.50 bits per heavy atom. The molecule has 0 amide bonds. The lowest BCUT2D eigenvalue weighted by Gasteiger charge is -2.07. The van der Waals surface area contributed by atoms with Crippen LogP contribution in [-0.4, -0.2) is 35.5 Å². The quantitative estimate of drug-likeness (QED) is 0.320. The van der Waals surface area contributed by atoms with Gasteiger partial charge in [0, 0.05) is 0 Å². The minimum absolute atomic E-state index is 0.267. The van der Waals surface area contributed by atoms with Gasteiger partial charge in [0.2, 0.25) is 0 Å². The molecule has 0 radical (unpaired) electrons. The summed E-state index contributed by atoms with van der Waals surface area (Å²) in [6, 6.07) is 0. The molecule has 0 heterocycles. The van der Waals surface area contributed by atoms with Crippen LogP contribution in [0.2, 0.25) is 0 Å². The van der Waals surface area contributed by atoms with Gasteiger partial charge >= 0.3 is 5.97 Å². The molecule has 4 nitrogen and oxygen atoms in total. The smallest absolute Gasteiger partial charge is 0.337 e. The Bertz CT molecular complexity index is 443. The van der Waals surface area contributed by atoms with Crippen LogP contribution in [0.1, 0.15) is 66.2 Å². The lowest BCUT2D eigenvalue weighted by Crippen LogP contribution is -2.26. The van der Waals surface area contributed by atoms with Crippen molar-refractivity contribution >= 4 is 5.97 Å². The Kier molecular flexibility index (Phi) is 13.2. The molecule has 0 saturated carbocycles. The first-order valence-corrected chi connectivity index (χ1v) is 8.77. The topological polar surface area (TPSA) is 66.8 Å². The highest BCUT2D eigenvalue weighted by Crippen LogP contribution is 2.12. The fourth-order valence-corrected chi connectivity index (χ4v) is 2.11. The highest BCUT2D eigenvalue weighted by atomic mass is 16.5. The van der Waals surface area contributed by atoms with E-state index in [1.165, 1.54) is 16.7 Å². The van der Waals surface area contributed by atoms with Crippen molar-refractivity contribution in [2.45, 2.75) is 72.3 Å². The van der Waals surface area contributed by atoms with Crippen molar-refractivity contribution in [1.29, 1.82) is 0 Å². The maximum atomic E-state index is 11.1. The Labute approximate surface area is 146 Å². The van der Waals surface area contributed by atoms with Gasteiger partial charge in [0.15, 0.2) is 6.10 Å². The maximum absolute atomic E-state index is 11.1. The van der Waals surface area contributed by atoms with E-state index in [0.717, 1.165) is 38.5 Å². The van der Waals surface area contributed by atoms with Crippen LogP contribution >= 0.6 is 0 Å². The van der Waals surface area contributed by atoms with Crippen LogP contribution < -0.4 is 0 Å². The number of esters is 1. The molecule has 24 heavy (non-hydrogen) atoms. The zero-order valence-corrected chi connectivity index (χ0v) is 15.7. The number of aliphatic hydroxyl groups is 2. The van der Waals surface area contributed by atoms with Gasteiger partial charge < -0.3 is 14.9 Å². The van der Waals surface area contributed by atoms with Crippen molar-refractivity contribution in [3.05, 3.63) is 34.9 Å². The molecule has 0 spiro atoms. The summed E-state index contributed by atoms with van der Waals surface area (Å²) in [6.07, 6.45) is 11.2. The highest BCUT2D eigenvalue weighted by molar-refractivity contribution is 5.74. The maximum Gasteiger partial charge on any atom is 0.337 e. The molecule has 0 aromatic rings. The lowest BCUT2D eigenvalue weighted by molar-refractivity contribution is -0.155. The minimum atomic E-state index is -1.42. The number of hydrogen-bond donors (Lipinski definition) is 2. The summed E-state index contributed by atoms with van der Waals surface area (Å²) in [6.45, 7) is 8.23. The summed E-state index contributed by atoms with van der Waals surface area (Å²) in [4.78, 5) is 11.1. The normalized spacial score (nSPS) is 13.6. The van der Waals surface area contributed by atoms with Gasteiger partial charge in [0.1, 0.15) is 0 Å². The van der Waals surface area contributed by atoms with Gasteiger partial charge in [-0.05, 0) is 66.2 Å². The third kappa shape index (κ3) is 13.1. The SMILES string of the molecule is CC(C)=CCC/C(C)=C/CCC(C)=CCCCOC(=O)C(O)CO. The van der Waals surface area contributed by atoms with Crippen molar-refractivity contribution in [2.24, 2.45) is 0 Å². The fraction of sp³-hybridized carbons (Fsp3) is 0.650. The first-order valence-electron chi connectivity index (χ1n) is 8.77. The number of unbranched alkanes of at least 4 members (excludes halogenated alkanes) is 1. The van der Waals surface area contributed by atoms with E-state index in [0.29, 0.717) is 0 Å². The second kappa shape index (κ2) is 14.0. The highest BCUT2D eigenvalue weighted by Gasteiger charge is 2.14. The molecule has 1 atom stereocenters. The summed E-state index contributed by atoms with van der Waals surface area (Å²) in [7, 11) is 0. The first-order chi connectivity index (χ1) is 11.4. The molecule has 0 aromatic heterocycles. The van der Waals surface area contributed by atoms with Gasteiger partial charge in [0.25, 0.3) is 0 Å². The molecule has 0 aliphatic carbocycles. The molecule has 1 unspecified atom stereocenters. The van der Waals surface area contributed by atoms with E-state index >= 15 is 0 Å². The zero-order chi connectivity index (χ0) is 18.4. The summed E-state index contributed by atoms with van der Waals surface area (Å²) in [5, 5.41) is 17.7. The largest absolute Gasteiger partial charge is 0.464 e. The van der Waals surface area contributed by atoms with Gasteiger partial charge in [-0.2, -0.15) is 0 Å². The molecule has 0 rings (SSSR count). The van der Waals surface area contributed by atoms with E-state index < -0.39 is 18.7 Å². The molecular formula is C20H34O4. The molecule has 0 fully saturated rings. The van der Waals surface area contributed by atoms with Gasteiger partial charge in [-0.1, -0.05) is 34.9 Å². The average molecular weight is 338 g/mol. The van der Waals surface area contributed by atoms with E-state index in [9.17, 15) is 4.79 Å². The molecule has 0 aliphatic rings. The summed E-state index contributed by atoms with van der Waals surface area (Å²) >= 11 is 0. The van der Waals surface area contributed by atoms with Crippen LogP contribution in [0.15, 0.2) is 34.9 Å². The van der Waals surface area contributed by atoms with Crippen molar-refractivity contribution in [3.8, 4) is 0 Å². The average Bonchev–Trinajstić information content (AvgIpc) is 2.53. The third-order valence-corrected chi connectivity index (χ3v) is 3.65. The molecule has 0 saturated heterocycles. The van der Waals surface area contributed by atoms with Crippen molar-refractivity contribution < 1.29 is 19.7 Å². The van der Waals surface area contributed by atoms with E-state index in [1.54, 1.807) is 0 Å². The van der Waals surface area contributed by atoms with Crippen LogP contribution in [0.3, 0.4) is 0 Å². The van der Waals surface area contributed by atoms with Gasteiger partial charge in [-0.15, -0.1) is 0 Å². The van der Waals surface area contributed by atoms with Crippen LogP contribution in [0, 0.1) is 0 Å². The number of carbonyl (C=O) groups is 1. The van der Waals surface area contributed by atoms with Crippen LogP contribution in [0.5, 0.6) is 0 Å². The van der Waals surface area contributed by atoms with Crippen molar-refractivity contribution in [2.75, 3.05) is 13.2 Å². The van der Waals surface area contributed by atoms with Crippen LogP contribution in [0.4, 0.5) is 0 Å². The monoisotopic (exact) mass is 338 g/mol.